The summed E-state index contributed by atoms with van der Waals surface area (Å²) in [6.45, 7) is 3.96. The van der Waals surface area contributed by atoms with Crippen LogP contribution in [0.25, 0.3) is 0 Å². The van der Waals surface area contributed by atoms with E-state index in [0.29, 0.717) is 11.3 Å². The molecule has 0 fully saturated rings. The molecule has 0 radical (unpaired) electrons. The SMILES string of the molecule is Cc1cccc(N=Nc2cc(C)ccc2C(=O)Nc2ccc(Br)cc2)c1. The number of azo groups is 1. The summed E-state index contributed by atoms with van der Waals surface area (Å²) in [7, 11) is 0. The van der Waals surface area contributed by atoms with E-state index >= 15 is 0 Å². The molecule has 0 atom stereocenters. The molecule has 26 heavy (non-hydrogen) atoms. The normalized spacial score (nSPS) is 10.9. The average Bonchev–Trinajstić information content (AvgIpc) is 2.62. The van der Waals surface area contributed by atoms with Crippen molar-refractivity contribution >= 4 is 38.9 Å². The first-order chi connectivity index (χ1) is 12.5. The van der Waals surface area contributed by atoms with Crippen LogP contribution < -0.4 is 5.32 Å². The second kappa shape index (κ2) is 8.06. The Balaban J connectivity index is 1.87. The highest BCUT2D eigenvalue weighted by molar-refractivity contribution is 9.10. The highest BCUT2D eigenvalue weighted by Crippen LogP contribution is 2.25. The minimum absolute atomic E-state index is 0.217. The predicted octanol–water partition coefficient (Wildman–Crippen LogP) is 6.73. The van der Waals surface area contributed by atoms with Gasteiger partial charge in [-0.1, -0.05) is 34.1 Å². The Morgan fingerprint density at radius 1 is 0.885 bits per heavy atom. The number of aryl methyl sites for hydroxylation is 2. The van der Waals surface area contributed by atoms with Crippen LogP contribution in [0.5, 0.6) is 0 Å². The molecule has 0 saturated heterocycles. The fourth-order valence-electron chi connectivity index (χ4n) is 2.45. The van der Waals surface area contributed by atoms with Crippen molar-refractivity contribution in [2.24, 2.45) is 10.2 Å². The van der Waals surface area contributed by atoms with Crippen LogP contribution in [-0.4, -0.2) is 5.91 Å². The van der Waals surface area contributed by atoms with Crippen molar-refractivity contribution in [3.8, 4) is 0 Å². The van der Waals surface area contributed by atoms with Gasteiger partial charge in [-0.2, -0.15) is 5.11 Å². The molecule has 3 aromatic rings. The molecule has 0 bridgehead atoms. The van der Waals surface area contributed by atoms with E-state index in [4.69, 9.17) is 0 Å². The summed E-state index contributed by atoms with van der Waals surface area (Å²) >= 11 is 3.38. The zero-order chi connectivity index (χ0) is 18.5. The quantitative estimate of drug-likeness (QED) is 0.478. The van der Waals surface area contributed by atoms with E-state index in [9.17, 15) is 4.79 Å². The van der Waals surface area contributed by atoms with Crippen molar-refractivity contribution in [1.29, 1.82) is 0 Å². The lowest BCUT2D eigenvalue weighted by molar-refractivity contribution is 0.102. The topological polar surface area (TPSA) is 53.8 Å². The maximum absolute atomic E-state index is 12.7. The van der Waals surface area contributed by atoms with Gasteiger partial charge in [-0.15, -0.1) is 5.11 Å². The van der Waals surface area contributed by atoms with Gasteiger partial charge in [0.05, 0.1) is 16.9 Å². The lowest BCUT2D eigenvalue weighted by Gasteiger charge is -2.08. The number of nitrogens with zero attached hydrogens (tertiary/aromatic N) is 2. The van der Waals surface area contributed by atoms with Gasteiger partial charge in [0, 0.05) is 10.2 Å². The molecule has 3 aromatic carbocycles. The van der Waals surface area contributed by atoms with Crippen LogP contribution >= 0.6 is 15.9 Å². The minimum Gasteiger partial charge on any atom is -0.322 e. The van der Waals surface area contributed by atoms with E-state index in [1.54, 1.807) is 6.07 Å². The van der Waals surface area contributed by atoms with Gasteiger partial charge in [-0.25, -0.2) is 0 Å². The van der Waals surface area contributed by atoms with Gasteiger partial charge >= 0.3 is 0 Å². The summed E-state index contributed by atoms with van der Waals surface area (Å²) < 4.78 is 0.957. The van der Waals surface area contributed by atoms with Crippen molar-refractivity contribution in [3.63, 3.8) is 0 Å². The monoisotopic (exact) mass is 407 g/mol. The number of amides is 1. The first-order valence-electron chi connectivity index (χ1n) is 8.17. The molecule has 0 aromatic heterocycles. The first-order valence-corrected chi connectivity index (χ1v) is 8.96. The molecule has 0 saturated carbocycles. The Hall–Kier alpha value is -2.79. The molecule has 130 valence electrons. The molecule has 0 heterocycles. The molecular weight excluding hydrogens is 390 g/mol. The average molecular weight is 408 g/mol. The molecule has 5 heteroatoms. The number of hydrogen-bond acceptors (Lipinski definition) is 3. The number of anilines is 1. The summed E-state index contributed by atoms with van der Waals surface area (Å²) in [5, 5.41) is 11.5. The molecule has 0 aliphatic carbocycles. The molecule has 1 amide bonds. The summed E-state index contributed by atoms with van der Waals surface area (Å²) in [4.78, 5) is 12.7. The number of benzene rings is 3. The van der Waals surface area contributed by atoms with Crippen LogP contribution in [0, 0.1) is 13.8 Å². The van der Waals surface area contributed by atoms with Crippen LogP contribution in [0.3, 0.4) is 0 Å². The summed E-state index contributed by atoms with van der Waals surface area (Å²) in [6.07, 6.45) is 0. The third kappa shape index (κ3) is 4.64. The number of carbonyl (C=O) groups is 1. The van der Waals surface area contributed by atoms with Gasteiger partial charge in [-0.05, 0) is 73.5 Å². The lowest BCUT2D eigenvalue weighted by atomic mass is 10.1. The Kier molecular flexibility index (Phi) is 5.58. The zero-order valence-corrected chi connectivity index (χ0v) is 16.1. The Labute approximate surface area is 161 Å². The number of carbonyl (C=O) groups excluding carboxylic acids is 1. The van der Waals surface area contributed by atoms with Crippen LogP contribution in [0.2, 0.25) is 0 Å². The van der Waals surface area contributed by atoms with Gasteiger partial charge in [0.25, 0.3) is 5.91 Å². The number of hydrogen-bond donors (Lipinski definition) is 1. The number of halogens is 1. The largest absolute Gasteiger partial charge is 0.322 e. The Morgan fingerprint density at radius 2 is 1.62 bits per heavy atom. The smallest absolute Gasteiger partial charge is 0.257 e. The summed E-state index contributed by atoms with van der Waals surface area (Å²) in [6, 6.07) is 20.7. The number of rotatable bonds is 4. The lowest BCUT2D eigenvalue weighted by Crippen LogP contribution is -2.12. The third-order valence-corrected chi connectivity index (χ3v) is 4.30. The summed E-state index contributed by atoms with van der Waals surface area (Å²) in [5.74, 6) is -0.217. The standard InChI is InChI=1S/C21H18BrN3O/c1-14-4-3-5-18(12-14)24-25-20-13-15(2)6-11-19(20)21(26)23-17-9-7-16(22)8-10-17/h3-13H,1-2H3,(H,23,26). The Morgan fingerprint density at radius 3 is 2.35 bits per heavy atom. The van der Waals surface area contributed by atoms with Crippen LogP contribution in [0.4, 0.5) is 17.1 Å². The fourth-order valence-corrected chi connectivity index (χ4v) is 2.71. The maximum Gasteiger partial charge on any atom is 0.257 e. The van der Waals surface area contributed by atoms with E-state index in [-0.39, 0.29) is 5.91 Å². The molecule has 0 aliphatic rings. The molecule has 0 spiro atoms. The molecular formula is C21H18BrN3O. The maximum atomic E-state index is 12.7. The van der Waals surface area contributed by atoms with E-state index in [1.165, 1.54) is 0 Å². The van der Waals surface area contributed by atoms with Gasteiger partial charge in [0.1, 0.15) is 0 Å². The minimum atomic E-state index is -0.217. The zero-order valence-electron chi connectivity index (χ0n) is 14.5. The van der Waals surface area contributed by atoms with Gasteiger partial charge in [-0.3, -0.25) is 4.79 Å². The Bertz CT molecular complexity index is 965. The van der Waals surface area contributed by atoms with Crippen molar-refractivity contribution in [1.82, 2.24) is 0 Å². The van der Waals surface area contributed by atoms with Gasteiger partial charge in [0.15, 0.2) is 0 Å². The van der Waals surface area contributed by atoms with E-state index in [0.717, 1.165) is 27.0 Å². The molecule has 4 nitrogen and oxygen atoms in total. The van der Waals surface area contributed by atoms with Crippen LogP contribution in [-0.2, 0) is 0 Å². The van der Waals surface area contributed by atoms with Gasteiger partial charge in [0.2, 0.25) is 0 Å². The van der Waals surface area contributed by atoms with E-state index in [2.05, 4.69) is 31.5 Å². The van der Waals surface area contributed by atoms with Crippen molar-refractivity contribution < 1.29 is 4.79 Å². The van der Waals surface area contributed by atoms with Crippen molar-refractivity contribution in [2.75, 3.05) is 5.32 Å². The first kappa shape index (κ1) is 18.0. The van der Waals surface area contributed by atoms with Crippen molar-refractivity contribution in [2.45, 2.75) is 13.8 Å². The predicted molar refractivity (Wildman–Crippen MR) is 109 cm³/mol. The third-order valence-electron chi connectivity index (χ3n) is 3.77. The van der Waals surface area contributed by atoms with Gasteiger partial charge < -0.3 is 5.32 Å². The molecule has 0 unspecified atom stereocenters. The second-order valence-corrected chi connectivity index (χ2v) is 6.94. The second-order valence-electron chi connectivity index (χ2n) is 6.02. The fraction of sp³-hybridized carbons (Fsp3) is 0.0952. The van der Waals surface area contributed by atoms with Crippen LogP contribution in [0.1, 0.15) is 21.5 Å². The summed E-state index contributed by atoms with van der Waals surface area (Å²) in [5.41, 5.74) is 4.63. The molecule has 3 rings (SSSR count). The highest BCUT2D eigenvalue weighted by atomic mass is 79.9. The van der Waals surface area contributed by atoms with E-state index in [1.807, 2.05) is 74.5 Å². The van der Waals surface area contributed by atoms with Crippen LogP contribution in [0.15, 0.2) is 81.4 Å². The molecule has 1 N–H and O–H groups in total. The van der Waals surface area contributed by atoms with E-state index < -0.39 is 0 Å². The van der Waals surface area contributed by atoms with Crippen molar-refractivity contribution in [3.05, 3.63) is 87.9 Å². The number of nitrogens with one attached hydrogen (secondary N) is 1. The highest BCUT2D eigenvalue weighted by Gasteiger charge is 2.12. The molecule has 0 aliphatic heterocycles.